The summed E-state index contributed by atoms with van der Waals surface area (Å²) in [5.74, 6) is 4.68. The molecule has 0 fully saturated rings. The summed E-state index contributed by atoms with van der Waals surface area (Å²) in [7, 11) is 12.0. The molecule has 0 saturated carbocycles. The van der Waals surface area contributed by atoms with Gasteiger partial charge in [0.05, 0.1) is 48.0 Å². The lowest BCUT2D eigenvalue weighted by Gasteiger charge is -2.13. The standard InChI is InChI=1S/C21H23F3N4O3.C21H22F3N3O2S.C20H20F3N3O2S.CH3I.CH5NO/c1-14(15-9-7-10-17(12-15)21(22,23)24)26-31-13-16-8-5-6-11-18(16)19(27-29-3)20(25-2)28-30-4;1-14(15-9-7-10-17(12-15)21(22,23)24)26-29-13-16-8-5-6-11-18(16)19(27-28-3)20(25-2)30-4;1-13(14-8-6-9-16(11-14)20(21,22)23)25-28-12-15-7-4-5-10-17(15)18(26-27-3)19(29)24-2;1-2;1-3-2/h5-12H,13H2,1-4H3,(H,25,28);5-12H,13H2,1-4H3;4-11H,12H2,1-3H3,(H,24,29);1H3;2H2,1H3/b26-14+,27-19-;25-20?,26-14+,27-19-;25-13+,26-18-;;. The van der Waals surface area contributed by atoms with Crippen LogP contribution < -0.4 is 16.7 Å². The van der Waals surface area contributed by atoms with Gasteiger partial charge in [-0.15, -0.1) is 11.8 Å². The van der Waals surface area contributed by atoms with Gasteiger partial charge < -0.3 is 39.2 Å². The van der Waals surface area contributed by atoms with Crippen LogP contribution in [0.2, 0.25) is 0 Å². The van der Waals surface area contributed by atoms with E-state index in [1.165, 1.54) is 71.6 Å². The average Bonchev–Trinajstić information content (AvgIpc) is 0.960. The Balaban J connectivity index is 0.000000468. The van der Waals surface area contributed by atoms with Crippen molar-refractivity contribution in [2.24, 2.45) is 46.8 Å². The lowest BCUT2D eigenvalue weighted by atomic mass is 10.0. The number of hydrogen-bond acceptors (Lipinski definition) is 19. The van der Waals surface area contributed by atoms with Crippen molar-refractivity contribution in [2.75, 3.05) is 67.9 Å². The van der Waals surface area contributed by atoms with Crippen molar-refractivity contribution in [3.63, 3.8) is 0 Å². The largest absolute Gasteiger partial charge is 0.416 e. The van der Waals surface area contributed by atoms with Crippen molar-refractivity contribution >= 4 is 96.7 Å². The number of halogens is 10. The Morgan fingerprint density at radius 1 is 0.484 bits per heavy atom. The molecule has 0 heterocycles. The molecule has 0 aliphatic rings. The summed E-state index contributed by atoms with van der Waals surface area (Å²) >= 11 is 8.84. The van der Waals surface area contributed by atoms with E-state index in [4.69, 9.17) is 46.1 Å². The molecule has 6 aromatic carbocycles. The topological polar surface area (TPSA) is 223 Å². The third kappa shape index (κ3) is 27.8. The normalized spacial score (nSPS) is 12.6. The summed E-state index contributed by atoms with van der Waals surface area (Å²) in [5, 5.41) is 27.5. The lowest BCUT2D eigenvalue weighted by molar-refractivity contribution is -0.138. The van der Waals surface area contributed by atoms with Crippen LogP contribution in [0, 0.1) is 0 Å². The number of alkyl halides is 10. The van der Waals surface area contributed by atoms with Crippen molar-refractivity contribution < 1.29 is 78.2 Å². The first-order valence-electron chi connectivity index (χ1n) is 27.5. The number of nitrogens with zero attached hydrogens (tertiary/aromatic N) is 8. The number of hydrogen-bond donors (Lipinski definition) is 3. The van der Waals surface area contributed by atoms with E-state index in [9.17, 15) is 39.5 Å². The molecule has 0 unspecified atom stereocenters. The zero-order chi connectivity index (χ0) is 71.2. The molecule has 0 amide bonds. The van der Waals surface area contributed by atoms with E-state index in [2.05, 4.69) is 85.0 Å². The van der Waals surface area contributed by atoms with Crippen LogP contribution in [0.25, 0.3) is 0 Å². The zero-order valence-electron chi connectivity index (χ0n) is 54.0. The molecule has 6 aromatic rings. The minimum absolute atomic E-state index is 0.0409. The van der Waals surface area contributed by atoms with Gasteiger partial charge in [-0.1, -0.05) is 175 Å². The highest BCUT2D eigenvalue weighted by molar-refractivity contribution is 14.1. The van der Waals surface area contributed by atoms with E-state index in [1.54, 1.807) is 72.2 Å². The Morgan fingerprint density at radius 3 is 1.09 bits per heavy atom. The van der Waals surface area contributed by atoms with E-state index in [0.29, 0.717) is 83.5 Å². The first kappa shape index (κ1) is 82.6. The Kier molecular flexibility index (Phi) is 37.8. The molecule has 4 N–H and O–H groups in total. The van der Waals surface area contributed by atoms with E-state index >= 15 is 0 Å². The summed E-state index contributed by atoms with van der Waals surface area (Å²) in [6, 6.07) is 36.7. The molecule has 0 saturated heterocycles. The summed E-state index contributed by atoms with van der Waals surface area (Å²) < 4.78 is 116. The molecule has 31 heteroatoms. The molecule has 0 aliphatic heterocycles. The van der Waals surface area contributed by atoms with Crippen LogP contribution in [-0.2, 0) is 77.1 Å². The summed E-state index contributed by atoms with van der Waals surface area (Å²) in [4.78, 5) is 50.4. The molecule has 95 heavy (non-hydrogen) atoms. The summed E-state index contributed by atoms with van der Waals surface area (Å²) in [6.45, 7) is 4.95. The minimum atomic E-state index is -4.43. The van der Waals surface area contributed by atoms with Gasteiger partial charge in [-0.3, -0.25) is 14.8 Å². The molecule has 514 valence electrons. The number of oxime groups is 6. The minimum Gasteiger partial charge on any atom is -0.399 e. The van der Waals surface area contributed by atoms with Crippen LogP contribution >= 0.6 is 46.6 Å². The number of thioether (sulfide) groups is 1. The fourth-order valence-corrected chi connectivity index (χ4v) is 8.44. The molecular weight excluding hydrogens is 1410 g/mol. The van der Waals surface area contributed by atoms with Gasteiger partial charge in [-0.05, 0) is 85.0 Å². The molecule has 19 nitrogen and oxygen atoms in total. The van der Waals surface area contributed by atoms with Crippen molar-refractivity contribution in [3.05, 3.63) is 212 Å². The van der Waals surface area contributed by atoms with Gasteiger partial charge in [0, 0.05) is 54.5 Å². The molecule has 0 spiro atoms. The third-order valence-electron chi connectivity index (χ3n) is 12.1. The van der Waals surface area contributed by atoms with Crippen molar-refractivity contribution in [3.8, 4) is 0 Å². The van der Waals surface area contributed by atoms with Gasteiger partial charge in [0.1, 0.15) is 62.6 Å². The van der Waals surface area contributed by atoms with E-state index in [0.717, 1.165) is 53.1 Å². The van der Waals surface area contributed by atoms with Crippen molar-refractivity contribution in [1.82, 2.24) is 10.8 Å². The Morgan fingerprint density at radius 2 is 0.800 bits per heavy atom. The van der Waals surface area contributed by atoms with Gasteiger partial charge in [0.2, 0.25) is 0 Å². The smallest absolute Gasteiger partial charge is 0.399 e. The quantitative estimate of drug-likeness (QED) is 0.0110. The van der Waals surface area contributed by atoms with Crippen LogP contribution in [0.4, 0.5) is 39.5 Å². The number of benzene rings is 6. The summed E-state index contributed by atoms with van der Waals surface area (Å²) in [5.41, 5.74) is 8.08. The first-order chi connectivity index (χ1) is 45.3. The molecular formula is C64H73F9IN11O8S2. The number of hydroxylamine groups is 1. The Hall–Kier alpha value is -8.50. The van der Waals surface area contributed by atoms with Gasteiger partial charge >= 0.3 is 18.5 Å². The van der Waals surface area contributed by atoms with E-state index in [1.807, 2.05) is 65.8 Å². The van der Waals surface area contributed by atoms with E-state index < -0.39 is 35.2 Å². The number of likely N-dealkylation sites (N-methyl/N-ethyl adjacent to an activating group) is 1. The number of amidine groups is 1. The third-order valence-corrected chi connectivity index (χ3v) is 13.3. The van der Waals surface area contributed by atoms with Crippen LogP contribution in [-0.4, -0.2) is 118 Å². The predicted octanol–water partition coefficient (Wildman–Crippen LogP) is 14.7. The maximum atomic E-state index is 12.9. The predicted molar refractivity (Wildman–Crippen MR) is 368 cm³/mol. The Labute approximate surface area is 568 Å². The average molecular weight is 1490 g/mol. The van der Waals surface area contributed by atoms with Gasteiger partial charge in [-0.2, -0.15) is 39.5 Å². The van der Waals surface area contributed by atoms with Crippen LogP contribution in [0.3, 0.4) is 0 Å². The fourth-order valence-electron chi connectivity index (χ4n) is 7.77. The first-order valence-corrected chi connectivity index (χ1v) is 31.3. The van der Waals surface area contributed by atoms with Crippen LogP contribution in [0.5, 0.6) is 0 Å². The second kappa shape index (κ2) is 43.5. The molecule has 0 atom stereocenters. The van der Waals surface area contributed by atoms with Crippen LogP contribution in [0.15, 0.2) is 187 Å². The molecule has 6 rings (SSSR count). The monoisotopic (exact) mass is 1490 g/mol. The maximum absolute atomic E-state index is 12.9. The second-order valence-electron chi connectivity index (χ2n) is 18.4. The molecule has 0 aliphatic carbocycles. The highest BCUT2D eigenvalue weighted by Crippen LogP contribution is 2.32. The van der Waals surface area contributed by atoms with Gasteiger partial charge in [0.25, 0.3) is 0 Å². The van der Waals surface area contributed by atoms with Gasteiger partial charge in [0.15, 0.2) is 11.5 Å². The Bertz CT molecular complexity index is 3630. The van der Waals surface area contributed by atoms with Gasteiger partial charge in [-0.25, -0.2) is 11.4 Å². The van der Waals surface area contributed by atoms with Crippen molar-refractivity contribution in [1.29, 1.82) is 0 Å². The SMILES string of the molecule is CI.CN=C(NOC)/C(=N\OC)c1ccccc1CO/N=C(\C)c1cccc(C(F)(F)F)c1.CN=C(SC)/C(=N\OC)c1ccccc1CO/N=C(\C)c1cccc(C(F)(F)F)c1.CNC(=S)/C(=N\OC)c1ccccc1CO/N=C(\C)c1cccc(C(F)(F)F)c1.CON. The number of thiocarbonyl (C=S) groups is 1. The van der Waals surface area contributed by atoms with Crippen molar-refractivity contribution in [2.45, 2.75) is 59.1 Å². The summed E-state index contributed by atoms with van der Waals surface area (Å²) in [6.07, 6.45) is -11.4. The number of nitrogens with two attached hydrogens (primary N) is 1. The van der Waals surface area contributed by atoms with Crippen LogP contribution in [0.1, 0.15) is 87.5 Å². The second-order valence-corrected chi connectivity index (χ2v) is 19.6. The highest BCUT2D eigenvalue weighted by Gasteiger charge is 2.32. The highest BCUT2D eigenvalue weighted by atomic mass is 127. The fraction of sp³-hybridized carbons (Fsp3) is 0.297. The number of rotatable bonds is 22. The number of aliphatic imine (C=N–C) groups is 2. The lowest BCUT2D eigenvalue weighted by Crippen LogP contribution is -2.32. The molecule has 0 radical (unpaired) electrons. The molecule has 0 aromatic heterocycles. The number of nitrogens with one attached hydrogen (secondary N) is 2. The van der Waals surface area contributed by atoms with E-state index in [-0.39, 0.29) is 19.8 Å². The zero-order valence-corrected chi connectivity index (χ0v) is 57.8. The molecule has 0 bridgehead atoms. The maximum Gasteiger partial charge on any atom is 0.416 e.